The summed E-state index contributed by atoms with van der Waals surface area (Å²) in [5.41, 5.74) is 4.50. The number of unbranched alkanes of at least 4 members (excludes halogenated alkanes) is 2. The average Bonchev–Trinajstić information content (AvgIpc) is 3.32. The first-order valence-corrected chi connectivity index (χ1v) is 22.5. The van der Waals surface area contributed by atoms with Gasteiger partial charge in [0.1, 0.15) is 30.0 Å². The summed E-state index contributed by atoms with van der Waals surface area (Å²) < 4.78 is 34.7. The molecule has 1 heterocycles. The first-order chi connectivity index (χ1) is 31.7. The highest BCUT2D eigenvalue weighted by molar-refractivity contribution is 6.03. The van der Waals surface area contributed by atoms with Gasteiger partial charge in [0.05, 0.1) is 29.9 Å². The highest BCUT2D eigenvalue weighted by Gasteiger charge is 2.65. The monoisotopic (exact) mass is 884 g/mol. The number of nitrogens with zero attached hydrogens (tertiary/aromatic N) is 3. The number of fused-ring (bicyclic) bond motifs is 2. The van der Waals surface area contributed by atoms with Crippen molar-refractivity contribution < 1.29 is 43.2 Å². The van der Waals surface area contributed by atoms with E-state index in [1.807, 2.05) is 43.3 Å². The minimum Gasteiger partial charge on any atom is -0.459 e. The number of rotatable bonds is 20. The van der Waals surface area contributed by atoms with Gasteiger partial charge in [-0.15, -0.1) is 6.58 Å². The normalized spacial score (nSPS) is 22.3. The van der Waals surface area contributed by atoms with Crippen LogP contribution in [-0.4, -0.2) is 71.0 Å². The molecule has 0 aromatic heterocycles. The number of carbonyl (C=O) groups is 2. The van der Waals surface area contributed by atoms with E-state index in [0.29, 0.717) is 66.1 Å². The predicted molar refractivity (Wildman–Crippen MR) is 243 cm³/mol. The number of ether oxygens (including phenoxy) is 3. The highest BCUT2D eigenvalue weighted by Crippen LogP contribution is 2.62. The molecule has 13 heteroatoms. The lowest BCUT2D eigenvalue weighted by molar-refractivity contribution is -0.255. The summed E-state index contributed by atoms with van der Waals surface area (Å²) in [6, 6.07) is 28.6. The van der Waals surface area contributed by atoms with Crippen molar-refractivity contribution in [1.29, 1.82) is 5.26 Å². The van der Waals surface area contributed by atoms with Gasteiger partial charge < -0.3 is 39.5 Å². The predicted octanol–water partition coefficient (Wildman–Crippen LogP) is 8.98. The SMILES string of the molecule is C=CCOC12Oc3ccc(OC(=O)NCC)cc3C3C(CCCCO)C(CCCCO)C=C(C(=NOCc4ccccc4)CC1N(Cc1ccc(F)cc1)C(=O)c1ccc(C#N)cc1)C32. The van der Waals surface area contributed by atoms with E-state index >= 15 is 4.79 Å². The first-order valence-electron chi connectivity index (χ1n) is 22.5. The molecule has 0 bridgehead atoms. The number of carbonyl (C=O) groups excluding carboxylic acids is 2. The smallest absolute Gasteiger partial charge is 0.412 e. The number of nitriles is 1. The Morgan fingerprint density at radius 2 is 1.72 bits per heavy atom. The Labute approximate surface area is 380 Å². The quantitative estimate of drug-likeness (QED) is 0.0447. The third-order valence-electron chi connectivity index (χ3n) is 12.6. The molecule has 4 aromatic carbocycles. The van der Waals surface area contributed by atoms with E-state index < -0.39 is 29.7 Å². The summed E-state index contributed by atoms with van der Waals surface area (Å²) in [6.45, 7) is 6.54. The van der Waals surface area contributed by atoms with E-state index in [1.54, 1.807) is 59.5 Å². The molecule has 3 aliphatic rings. The zero-order valence-corrected chi connectivity index (χ0v) is 36.7. The molecule has 0 spiro atoms. The van der Waals surface area contributed by atoms with Crippen molar-refractivity contribution in [2.75, 3.05) is 26.4 Å². The van der Waals surface area contributed by atoms with Gasteiger partial charge in [0.15, 0.2) is 0 Å². The van der Waals surface area contributed by atoms with Gasteiger partial charge in [-0.3, -0.25) is 4.79 Å². The zero-order valence-electron chi connectivity index (χ0n) is 36.7. The van der Waals surface area contributed by atoms with Gasteiger partial charge in [0, 0.05) is 49.8 Å². The van der Waals surface area contributed by atoms with Crippen molar-refractivity contribution in [3.05, 3.63) is 155 Å². The number of aliphatic hydroxyl groups excluding tert-OH is 2. The summed E-state index contributed by atoms with van der Waals surface area (Å²) in [5.74, 6) is -2.70. The Hall–Kier alpha value is -6.33. The topological polar surface area (TPSA) is 163 Å². The van der Waals surface area contributed by atoms with Gasteiger partial charge in [-0.25, -0.2) is 9.18 Å². The van der Waals surface area contributed by atoms with Crippen LogP contribution in [0.3, 0.4) is 0 Å². The Balaban J connectivity index is 1.48. The van der Waals surface area contributed by atoms with Crippen molar-refractivity contribution in [2.24, 2.45) is 22.9 Å². The molecule has 7 rings (SSSR count). The second-order valence-corrected chi connectivity index (χ2v) is 16.7. The van der Waals surface area contributed by atoms with E-state index in [4.69, 9.17) is 24.2 Å². The van der Waals surface area contributed by atoms with E-state index in [0.717, 1.165) is 29.5 Å². The first kappa shape index (κ1) is 46.7. The zero-order chi connectivity index (χ0) is 45.8. The van der Waals surface area contributed by atoms with E-state index in [9.17, 15) is 24.7 Å². The maximum absolute atomic E-state index is 15.3. The standard InChI is InChI=1S/C52H57FN4O8/c1-3-28-62-52-47(57(33-36-18-22-40(53)23-19-36)50(60)38-20-16-35(32-54)17-21-38)31-45(56-63-34-37-12-6-5-7-13-37)43-29-39(14-8-10-26-58)42(15-9-11-27-59)48(49(43)52)44-30-41(24-25-46(44)65-52)64-51(61)55-4-2/h3,5-7,12-13,16-25,29-30,39,42,47-49,58-59H,1,4,8-11,14-15,26-28,31,33-34H2,2H3,(H,55,61). The largest absolute Gasteiger partial charge is 0.459 e. The van der Waals surface area contributed by atoms with Crippen LogP contribution in [0.5, 0.6) is 11.5 Å². The molecule has 6 atom stereocenters. The molecular formula is C52H57FN4O8. The highest BCUT2D eigenvalue weighted by atomic mass is 19.1. The van der Waals surface area contributed by atoms with Crippen LogP contribution in [0.2, 0.25) is 0 Å². The van der Waals surface area contributed by atoms with Crippen molar-refractivity contribution in [3.63, 3.8) is 0 Å². The van der Waals surface area contributed by atoms with Crippen LogP contribution in [-0.2, 0) is 22.7 Å². The molecule has 340 valence electrons. The lowest BCUT2D eigenvalue weighted by atomic mass is 9.55. The summed E-state index contributed by atoms with van der Waals surface area (Å²) in [6.07, 6.45) is 7.55. The molecule has 4 aromatic rings. The van der Waals surface area contributed by atoms with Gasteiger partial charge in [0.25, 0.3) is 5.91 Å². The molecule has 65 heavy (non-hydrogen) atoms. The summed E-state index contributed by atoms with van der Waals surface area (Å²) in [7, 11) is 0. The molecule has 1 aliphatic heterocycles. The van der Waals surface area contributed by atoms with E-state index in [1.165, 1.54) is 12.1 Å². The number of hydrogen-bond acceptors (Lipinski definition) is 10. The van der Waals surface area contributed by atoms with E-state index in [2.05, 4.69) is 24.0 Å². The number of amides is 2. The number of oxime groups is 1. The van der Waals surface area contributed by atoms with Crippen molar-refractivity contribution in [2.45, 2.75) is 82.8 Å². The molecule has 0 radical (unpaired) electrons. The van der Waals surface area contributed by atoms with Crippen LogP contribution in [0, 0.1) is 34.9 Å². The number of benzene rings is 4. The molecule has 1 saturated carbocycles. The maximum atomic E-state index is 15.3. The van der Waals surface area contributed by atoms with E-state index in [-0.39, 0.29) is 63.1 Å². The summed E-state index contributed by atoms with van der Waals surface area (Å²) in [4.78, 5) is 36.0. The Morgan fingerprint density at radius 1 is 0.985 bits per heavy atom. The molecule has 2 amide bonds. The molecule has 12 nitrogen and oxygen atoms in total. The van der Waals surface area contributed by atoms with Crippen molar-refractivity contribution >= 4 is 17.7 Å². The Morgan fingerprint density at radius 3 is 2.42 bits per heavy atom. The van der Waals surface area contributed by atoms with Gasteiger partial charge >= 0.3 is 6.09 Å². The fourth-order valence-electron chi connectivity index (χ4n) is 9.72. The van der Waals surface area contributed by atoms with Crippen LogP contribution in [0.25, 0.3) is 0 Å². The number of halogens is 1. The van der Waals surface area contributed by atoms with Crippen LogP contribution >= 0.6 is 0 Å². The van der Waals surface area contributed by atoms with Crippen molar-refractivity contribution in [3.8, 4) is 17.6 Å². The Bertz CT molecular complexity index is 2370. The number of hydrogen-bond donors (Lipinski definition) is 3. The molecule has 2 aliphatic carbocycles. The molecule has 6 unspecified atom stereocenters. The summed E-state index contributed by atoms with van der Waals surface area (Å²) in [5, 5.41) is 37.2. The average molecular weight is 885 g/mol. The molecular weight excluding hydrogens is 828 g/mol. The van der Waals surface area contributed by atoms with Crippen LogP contribution in [0.4, 0.5) is 9.18 Å². The van der Waals surface area contributed by atoms with Gasteiger partial charge in [-0.05, 0) is 116 Å². The molecule has 0 saturated heterocycles. The third-order valence-corrected chi connectivity index (χ3v) is 12.6. The fourth-order valence-corrected chi connectivity index (χ4v) is 9.72. The van der Waals surface area contributed by atoms with Gasteiger partial charge in [0.2, 0.25) is 5.79 Å². The second-order valence-electron chi connectivity index (χ2n) is 16.7. The minimum absolute atomic E-state index is 0.0246. The maximum Gasteiger partial charge on any atom is 0.412 e. The lowest BCUT2D eigenvalue weighted by Gasteiger charge is -2.60. The molecule has 3 N–H and O–H groups in total. The van der Waals surface area contributed by atoms with Gasteiger partial charge in [-0.2, -0.15) is 5.26 Å². The lowest BCUT2D eigenvalue weighted by Crippen LogP contribution is -2.70. The minimum atomic E-state index is -1.59. The second kappa shape index (κ2) is 22.0. The van der Waals surface area contributed by atoms with Crippen LogP contribution in [0.15, 0.2) is 127 Å². The number of nitrogens with one attached hydrogen (secondary N) is 1. The van der Waals surface area contributed by atoms with Crippen molar-refractivity contribution in [1.82, 2.24) is 10.2 Å². The van der Waals surface area contributed by atoms with Crippen LogP contribution < -0.4 is 14.8 Å². The number of aliphatic hydroxyl groups is 2. The number of allylic oxidation sites excluding steroid dienone is 1. The van der Waals surface area contributed by atoms with Crippen LogP contribution in [0.1, 0.15) is 90.4 Å². The Kier molecular flexibility index (Phi) is 15.8. The third kappa shape index (κ3) is 10.6. The fraction of sp³-hybridized carbons (Fsp3) is 0.385. The van der Waals surface area contributed by atoms with Gasteiger partial charge in [-0.1, -0.05) is 72.6 Å². The summed E-state index contributed by atoms with van der Waals surface area (Å²) >= 11 is 0. The molecule has 1 fully saturated rings.